The summed E-state index contributed by atoms with van der Waals surface area (Å²) in [7, 11) is 1.58. The molecular weight excluding hydrogens is 376 g/mol. The molecule has 4 rings (SSSR count). The van der Waals surface area contributed by atoms with Crippen molar-refractivity contribution in [3.63, 3.8) is 0 Å². The van der Waals surface area contributed by atoms with Crippen LogP contribution in [0.2, 0.25) is 5.15 Å². The monoisotopic (exact) mass is 394 g/mol. The molecule has 3 aromatic rings. The van der Waals surface area contributed by atoms with Gasteiger partial charge in [-0.3, -0.25) is 14.7 Å². The number of halogens is 1. The van der Waals surface area contributed by atoms with E-state index in [1.807, 2.05) is 30.3 Å². The van der Waals surface area contributed by atoms with Crippen LogP contribution in [0.4, 0.5) is 5.82 Å². The second-order valence-electron chi connectivity index (χ2n) is 6.63. The lowest BCUT2D eigenvalue weighted by atomic mass is 9.99. The fourth-order valence-corrected chi connectivity index (χ4v) is 3.57. The van der Waals surface area contributed by atoms with Gasteiger partial charge in [0.05, 0.1) is 7.11 Å². The van der Waals surface area contributed by atoms with Crippen LogP contribution in [0.1, 0.15) is 12.0 Å². The normalized spacial score (nSPS) is 16.4. The van der Waals surface area contributed by atoms with Gasteiger partial charge in [-0.2, -0.15) is 4.98 Å². The number of ether oxygens (including phenoxy) is 1. The summed E-state index contributed by atoms with van der Waals surface area (Å²) in [4.78, 5) is 27.4. The van der Waals surface area contributed by atoms with Gasteiger partial charge in [-0.1, -0.05) is 17.7 Å². The van der Waals surface area contributed by atoms with Crippen molar-refractivity contribution in [3.8, 4) is 17.0 Å². The van der Waals surface area contributed by atoms with E-state index in [4.69, 9.17) is 16.3 Å². The highest BCUT2D eigenvalue weighted by atomic mass is 35.5. The average molecular weight is 395 g/mol. The van der Waals surface area contributed by atoms with Gasteiger partial charge in [0.2, 0.25) is 11.8 Å². The van der Waals surface area contributed by atoms with E-state index in [1.54, 1.807) is 36.7 Å². The zero-order valence-electron chi connectivity index (χ0n) is 15.4. The van der Waals surface area contributed by atoms with Crippen molar-refractivity contribution >= 4 is 23.3 Å². The summed E-state index contributed by atoms with van der Waals surface area (Å²) < 4.78 is 5.48. The maximum Gasteiger partial charge on any atom is 0.231 e. The van der Waals surface area contributed by atoms with Gasteiger partial charge >= 0.3 is 0 Å². The summed E-state index contributed by atoms with van der Waals surface area (Å²) in [5.41, 5.74) is 2.83. The van der Waals surface area contributed by atoms with Crippen molar-refractivity contribution < 1.29 is 9.53 Å². The molecule has 1 atom stereocenters. The summed E-state index contributed by atoms with van der Waals surface area (Å²) in [6.45, 7) is 0.634. The number of aromatic nitrogens is 3. The Morgan fingerprint density at radius 3 is 2.71 bits per heavy atom. The molecule has 0 spiro atoms. The quantitative estimate of drug-likeness (QED) is 0.616. The lowest BCUT2D eigenvalue weighted by Crippen LogP contribution is -2.28. The molecule has 0 N–H and O–H groups in total. The number of rotatable bonds is 5. The Balaban J connectivity index is 1.54. The van der Waals surface area contributed by atoms with Gasteiger partial charge in [-0.05, 0) is 54.3 Å². The predicted octanol–water partition coefficient (Wildman–Crippen LogP) is 3.80. The van der Waals surface area contributed by atoms with Gasteiger partial charge in [0.25, 0.3) is 0 Å². The number of hydrogen-bond acceptors (Lipinski definition) is 5. The van der Waals surface area contributed by atoms with Crippen molar-refractivity contribution in [2.75, 3.05) is 18.6 Å². The Bertz CT molecular complexity index is 979. The fourth-order valence-electron chi connectivity index (χ4n) is 3.46. The van der Waals surface area contributed by atoms with E-state index in [2.05, 4.69) is 15.0 Å². The Kier molecular flexibility index (Phi) is 5.21. The first-order valence-corrected chi connectivity index (χ1v) is 9.41. The highest BCUT2D eigenvalue weighted by Gasteiger charge is 2.33. The van der Waals surface area contributed by atoms with Crippen LogP contribution in [0.25, 0.3) is 11.1 Å². The zero-order chi connectivity index (χ0) is 19.5. The third kappa shape index (κ3) is 3.68. The van der Waals surface area contributed by atoms with E-state index in [-0.39, 0.29) is 11.8 Å². The van der Waals surface area contributed by atoms with Gasteiger partial charge < -0.3 is 4.74 Å². The summed E-state index contributed by atoms with van der Waals surface area (Å²) in [6.07, 6.45) is 6.60. The number of carbonyl (C=O) groups is 1. The van der Waals surface area contributed by atoms with Crippen LogP contribution in [-0.2, 0) is 11.2 Å². The van der Waals surface area contributed by atoms with E-state index < -0.39 is 0 Å². The van der Waals surface area contributed by atoms with Gasteiger partial charge in [0.1, 0.15) is 11.0 Å². The molecule has 3 aromatic heterocycles. The molecule has 6 nitrogen and oxygen atoms in total. The van der Waals surface area contributed by atoms with E-state index in [0.717, 1.165) is 23.1 Å². The van der Waals surface area contributed by atoms with Gasteiger partial charge in [0, 0.05) is 36.6 Å². The van der Waals surface area contributed by atoms with Crippen LogP contribution in [0.15, 0.2) is 55.0 Å². The minimum Gasteiger partial charge on any atom is -0.480 e. The predicted molar refractivity (Wildman–Crippen MR) is 107 cm³/mol. The van der Waals surface area contributed by atoms with Crippen LogP contribution in [0.3, 0.4) is 0 Å². The molecule has 0 saturated carbocycles. The SMILES string of the molecule is COc1nc(N2CCC(Cc3ccc(Cl)nc3)C2=O)ccc1-c1ccncc1. The average Bonchev–Trinajstić information content (AvgIpc) is 3.10. The molecule has 1 aliphatic heterocycles. The first kappa shape index (κ1) is 18.4. The van der Waals surface area contributed by atoms with E-state index in [0.29, 0.717) is 29.8 Å². The Morgan fingerprint density at radius 1 is 1.18 bits per heavy atom. The van der Waals surface area contributed by atoms with E-state index in [9.17, 15) is 4.79 Å². The number of nitrogens with zero attached hydrogens (tertiary/aromatic N) is 4. The molecule has 142 valence electrons. The number of pyridine rings is 3. The van der Waals surface area contributed by atoms with Crippen LogP contribution >= 0.6 is 11.6 Å². The highest BCUT2D eigenvalue weighted by molar-refractivity contribution is 6.29. The minimum absolute atomic E-state index is 0.0705. The molecule has 4 heterocycles. The Morgan fingerprint density at radius 2 is 2.00 bits per heavy atom. The molecule has 1 aliphatic rings. The van der Waals surface area contributed by atoms with Crippen LogP contribution in [0, 0.1) is 5.92 Å². The van der Waals surface area contributed by atoms with Gasteiger partial charge in [-0.25, -0.2) is 4.98 Å². The lowest BCUT2D eigenvalue weighted by molar-refractivity contribution is -0.120. The molecule has 0 aliphatic carbocycles. The van der Waals surface area contributed by atoms with E-state index in [1.165, 1.54) is 0 Å². The first-order chi connectivity index (χ1) is 13.7. The topological polar surface area (TPSA) is 68.2 Å². The largest absolute Gasteiger partial charge is 0.480 e. The zero-order valence-corrected chi connectivity index (χ0v) is 16.1. The summed E-state index contributed by atoms with van der Waals surface area (Å²) in [5.74, 6) is 1.08. The standard InChI is InChI=1S/C21H19ClN4O2/c1-28-20-17(15-6-9-23-10-7-15)3-5-19(25-20)26-11-8-16(21(26)27)12-14-2-4-18(22)24-13-14/h2-7,9-10,13,16H,8,11-12H2,1H3. The lowest BCUT2D eigenvalue weighted by Gasteiger charge is -2.18. The molecule has 1 unspecified atom stereocenters. The van der Waals surface area contributed by atoms with Crippen molar-refractivity contribution in [1.82, 2.24) is 15.0 Å². The molecule has 0 bridgehead atoms. The molecular formula is C21H19ClN4O2. The molecule has 0 radical (unpaired) electrons. The summed E-state index contributed by atoms with van der Waals surface area (Å²) in [6, 6.07) is 11.3. The molecule has 7 heteroatoms. The minimum atomic E-state index is -0.0874. The van der Waals surface area contributed by atoms with Gasteiger partial charge in [-0.15, -0.1) is 0 Å². The molecule has 28 heavy (non-hydrogen) atoms. The number of carbonyl (C=O) groups excluding carboxylic acids is 1. The smallest absolute Gasteiger partial charge is 0.231 e. The highest BCUT2D eigenvalue weighted by Crippen LogP contribution is 2.33. The maximum absolute atomic E-state index is 12.9. The number of hydrogen-bond donors (Lipinski definition) is 0. The second kappa shape index (κ2) is 7.94. The number of methoxy groups -OCH3 is 1. The van der Waals surface area contributed by atoms with Crippen molar-refractivity contribution in [2.45, 2.75) is 12.8 Å². The van der Waals surface area contributed by atoms with Crippen LogP contribution in [0.5, 0.6) is 5.88 Å². The Labute approximate surface area is 168 Å². The maximum atomic E-state index is 12.9. The molecule has 1 saturated heterocycles. The number of anilines is 1. The van der Waals surface area contributed by atoms with Crippen molar-refractivity contribution in [1.29, 1.82) is 0 Å². The van der Waals surface area contributed by atoms with Crippen LogP contribution < -0.4 is 9.64 Å². The molecule has 1 fully saturated rings. The van der Waals surface area contributed by atoms with Crippen molar-refractivity contribution in [3.05, 3.63) is 65.7 Å². The third-order valence-electron chi connectivity index (χ3n) is 4.89. The third-order valence-corrected chi connectivity index (χ3v) is 5.12. The van der Waals surface area contributed by atoms with Crippen LogP contribution in [-0.4, -0.2) is 34.5 Å². The van der Waals surface area contributed by atoms with E-state index >= 15 is 0 Å². The summed E-state index contributed by atoms with van der Waals surface area (Å²) >= 11 is 5.84. The molecule has 0 aromatic carbocycles. The first-order valence-electron chi connectivity index (χ1n) is 9.03. The molecule has 1 amide bonds. The van der Waals surface area contributed by atoms with Crippen molar-refractivity contribution in [2.24, 2.45) is 5.92 Å². The number of amides is 1. The second-order valence-corrected chi connectivity index (χ2v) is 7.02. The Hall–Kier alpha value is -2.99. The summed E-state index contributed by atoms with van der Waals surface area (Å²) in [5, 5.41) is 0.453. The van der Waals surface area contributed by atoms with Gasteiger partial charge in [0.15, 0.2) is 0 Å². The fraction of sp³-hybridized carbons (Fsp3) is 0.238.